The monoisotopic (exact) mass is 696 g/mol. The number of hydrogen-bond acceptors (Lipinski definition) is 0. The fourth-order valence-electron chi connectivity index (χ4n) is 0. The molecule has 0 aromatic carbocycles. The van der Waals surface area contributed by atoms with Crippen molar-refractivity contribution >= 4 is 54.1 Å². The van der Waals surface area contributed by atoms with Crippen LogP contribution in [-0.4, -0.2) is 16.8 Å². The first kappa shape index (κ1) is 130. The first-order chi connectivity index (χ1) is 13.8. The van der Waals surface area contributed by atoms with Crippen LogP contribution in [0.3, 0.4) is 0 Å². The molecule has 0 N–H and O–H groups in total. The molecule has 0 aromatic heterocycles. The van der Waals surface area contributed by atoms with E-state index in [2.05, 4.69) is 64.9 Å². The van der Waals surface area contributed by atoms with Crippen LogP contribution in [0.2, 0.25) is 0 Å². The summed E-state index contributed by atoms with van der Waals surface area (Å²) >= 11 is 4.24. The molecule has 0 heterocycles. The molecule has 0 rings (SSSR count). The van der Waals surface area contributed by atoms with Crippen LogP contribution in [0.25, 0.3) is 0 Å². The van der Waals surface area contributed by atoms with E-state index >= 15 is 0 Å². The highest BCUT2D eigenvalue weighted by molar-refractivity contribution is 15.0. The molecule has 32 heavy (non-hydrogen) atoms. The minimum absolute atomic E-state index is 0. The van der Waals surface area contributed by atoms with Gasteiger partial charge in [0, 0.05) is 54.1 Å². The van der Waals surface area contributed by atoms with Crippen LogP contribution < -0.4 is 0 Å². The maximum absolute atomic E-state index is 2.12. The molecular weight excluding hydrogens is 612 g/mol. The van der Waals surface area contributed by atoms with Crippen molar-refractivity contribution in [3.63, 3.8) is 0 Å². The zero-order chi connectivity index (χ0) is 27.4. The van der Waals surface area contributed by atoms with E-state index in [0.29, 0.717) is 0 Å². The summed E-state index contributed by atoms with van der Waals surface area (Å²) in [4.78, 5) is 0. The Balaban J connectivity index is -0.00000000505. The Morgan fingerprint density at radius 2 is 0.281 bits per heavy atom. The standard InChI is InChI=1S/2C3H8.10C2H6.2CH4.2B.I2/c2*1-3-2;10*1-2;;;;;1-2/h2*3H2,1-2H3;10*1-2H3;2*1H4;;;. The summed E-state index contributed by atoms with van der Waals surface area (Å²) in [5, 5.41) is 0. The SMILES string of the molecule is C.C.CC.CC.CC.CC.CC.CC.CC.CC.CC.CC.CCC.CCC.II.[B].[B]. The normalized spacial score (nSPS) is 3.19. The van der Waals surface area contributed by atoms with Crippen molar-refractivity contribution in [2.45, 2.75) is 194 Å². The average molecular weight is 696 g/mol. The van der Waals surface area contributed by atoms with Crippen LogP contribution in [0, 0.1) is 0 Å². The van der Waals surface area contributed by atoms with Gasteiger partial charge in [-0.05, 0) is 0 Å². The van der Waals surface area contributed by atoms with Crippen molar-refractivity contribution in [2.75, 3.05) is 0 Å². The zero-order valence-corrected chi connectivity index (χ0v) is 31.6. The molecule has 0 amide bonds. The van der Waals surface area contributed by atoms with E-state index in [4.69, 9.17) is 0 Å². The Bertz CT molecular complexity index is 23.4. The van der Waals surface area contributed by atoms with Gasteiger partial charge in [0.1, 0.15) is 0 Å². The summed E-state index contributed by atoms with van der Waals surface area (Å²) in [5.41, 5.74) is 0. The van der Waals surface area contributed by atoms with Gasteiger partial charge in [0.15, 0.2) is 0 Å². The van der Waals surface area contributed by atoms with Crippen molar-refractivity contribution in [1.29, 1.82) is 0 Å². The molecule has 0 bridgehead atoms. The van der Waals surface area contributed by atoms with Crippen LogP contribution in [0.4, 0.5) is 0 Å². The predicted molar refractivity (Wildman–Crippen MR) is 198 cm³/mol. The number of hydrogen-bond donors (Lipinski definition) is 0. The molecule has 6 radical (unpaired) electrons. The molecule has 0 aliphatic heterocycles. The van der Waals surface area contributed by atoms with Crippen molar-refractivity contribution in [3.05, 3.63) is 0 Å². The third kappa shape index (κ3) is 11700. The van der Waals surface area contributed by atoms with Gasteiger partial charge < -0.3 is 0 Å². The smallest absolute Gasteiger partial charge is 0 e. The van der Waals surface area contributed by atoms with E-state index in [1.807, 2.05) is 138 Å². The molecule has 0 fully saturated rings. The highest BCUT2D eigenvalue weighted by Gasteiger charge is 1.36. The molecule has 0 nitrogen and oxygen atoms in total. The molecule has 0 saturated carbocycles. The van der Waals surface area contributed by atoms with E-state index < -0.39 is 0 Å². The molecule has 0 spiro atoms. The summed E-state index contributed by atoms with van der Waals surface area (Å²) in [6, 6.07) is 0. The summed E-state index contributed by atoms with van der Waals surface area (Å²) in [6.45, 7) is 48.5. The fourth-order valence-corrected chi connectivity index (χ4v) is 0. The lowest BCUT2D eigenvalue weighted by molar-refractivity contribution is 1.09. The molecule has 0 unspecified atom stereocenters. The van der Waals surface area contributed by atoms with Gasteiger partial charge in [-0.2, -0.15) is 0 Å². The Kier molecular flexibility index (Phi) is 10200. The Hall–Kier alpha value is 1.59. The molecule has 0 saturated heterocycles. The molecular formula is C28H84B2I2. The lowest BCUT2D eigenvalue weighted by Crippen LogP contribution is -1.27. The fraction of sp³-hybridized carbons (Fsp3) is 1.00. The topological polar surface area (TPSA) is 0 Å². The van der Waals surface area contributed by atoms with Gasteiger partial charge in [0.05, 0.1) is 0 Å². The Morgan fingerprint density at radius 1 is 0.281 bits per heavy atom. The van der Waals surface area contributed by atoms with Gasteiger partial charge in [-0.1, -0.05) is 194 Å². The van der Waals surface area contributed by atoms with E-state index in [1.54, 1.807) is 0 Å². The summed E-state index contributed by atoms with van der Waals surface area (Å²) < 4.78 is 0. The minimum atomic E-state index is 0. The van der Waals surface area contributed by atoms with Crippen molar-refractivity contribution in [1.82, 2.24) is 0 Å². The molecule has 0 aliphatic carbocycles. The third-order valence-corrected chi connectivity index (χ3v) is 0. The van der Waals surface area contributed by atoms with Gasteiger partial charge in [0.2, 0.25) is 0 Å². The van der Waals surface area contributed by atoms with Gasteiger partial charge >= 0.3 is 0 Å². The quantitative estimate of drug-likeness (QED) is 0.175. The second-order valence-electron chi connectivity index (χ2n) is 1.41. The zero-order valence-electron chi connectivity index (χ0n) is 27.3. The van der Waals surface area contributed by atoms with Gasteiger partial charge in [-0.15, -0.1) is 0 Å². The van der Waals surface area contributed by atoms with Crippen LogP contribution >= 0.6 is 37.2 Å². The lowest BCUT2D eigenvalue weighted by Gasteiger charge is -1.48. The Morgan fingerprint density at radius 3 is 0.281 bits per heavy atom. The number of rotatable bonds is 0. The second-order valence-corrected chi connectivity index (χ2v) is 1.41. The van der Waals surface area contributed by atoms with Crippen LogP contribution in [0.5, 0.6) is 0 Å². The highest BCUT2D eigenvalue weighted by atomic mass is 128. The molecule has 216 valence electrons. The van der Waals surface area contributed by atoms with E-state index in [-0.39, 0.29) is 31.7 Å². The maximum Gasteiger partial charge on any atom is 0 e. The van der Waals surface area contributed by atoms with Crippen molar-refractivity contribution < 1.29 is 0 Å². The predicted octanol–water partition coefficient (Wildman–Crippen LogP) is 15.4. The van der Waals surface area contributed by atoms with E-state index in [0.717, 1.165) is 0 Å². The van der Waals surface area contributed by atoms with Crippen LogP contribution in [0.15, 0.2) is 0 Å². The largest absolute Gasteiger partial charge is 0.0776 e. The lowest BCUT2D eigenvalue weighted by atomic mass is 10.6. The number of halogens is 2. The first-order valence-corrected chi connectivity index (χ1v) is 19.3. The van der Waals surface area contributed by atoms with Gasteiger partial charge in [-0.25, -0.2) is 0 Å². The first-order valence-electron chi connectivity index (χ1n) is 13.0. The van der Waals surface area contributed by atoms with Gasteiger partial charge in [0.25, 0.3) is 0 Å². The Labute approximate surface area is 246 Å². The molecule has 0 aromatic rings. The highest BCUT2D eigenvalue weighted by Crippen LogP contribution is 1.89. The van der Waals surface area contributed by atoms with Crippen molar-refractivity contribution in [2.24, 2.45) is 0 Å². The van der Waals surface area contributed by atoms with E-state index in [1.165, 1.54) is 12.8 Å². The third-order valence-electron chi connectivity index (χ3n) is 0. The molecule has 0 aliphatic rings. The van der Waals surface area contributed by atoms with Crippen LogP contribution in [0.1, 0.15) is 194 Å². The average Bonchev–Trinajstić information content (AvgIpc) is 2.88. The summed E-state index contributed by atoms with van der Waals surface area (Å²) in [7, 11) is 0. The summed E-state index contributed by atoms with van der Waals surface area (Å²) in [5.74, 6) is 0. The summed E-state index contributed by atoms with van der Waals surface area (Å²) in [6.07, 6.45) is 2.50. The molecule has 0 atom stereocenters. The maximum atomic E-state index is 2.12. The minimum Gasteiger partial charge on any atom is -0.0776 e. The van der Waals surface area contributed by atoms with Crippen molar-refractivity contribution in [3.8, 4) is 0 Å². The van der Waals surface area contributed by atoms with Crippen LogP contribution in [-0.2, 0) is 0 Å². The molecule has 4 heteroatoms. The van der Waals surface area contributed by atoms with E-state index in [9.17, 15) is 0 Å². The van der Waals surface area contributed by atoms with Gasteiger partial charge in [-0.3, -0.25) is 0 Å². The second kappa shape index (κ2) is 2520.